The zero-order valence-electron chi connectivity index (χ0n) is 36.3. The van der Waals surface area contributed by atoms with Crippen LogP contribution in [-0.4, -0.2) is 39.9 Å². The van der Waals surface area contributed by atoms with Gasteiger partial charge in [0.2, 0.25) is 0 Å². The Hall–Kier alpha value is -6.69. The molecule has 0 radical (unpaired) electrons. The number of hydrogen-bond acceptors (Lipinski definition) is 8. The number of pyridine rings is 6. The van der Waals surface area contributed by atoms with Crippen LogP contribution in [0.5, 0.6) is 0 Å². The summed E-state index contributed by atoms with van der Waals surface area (Å²) in [5.74, 6) is 2.28. The molecule has 7 aromatic heterocycles. The molecule has 24 heteroatoms. The molecule has 0 aliphatic carbocycles. The normalized spacial score (nSPS) is 12.1. The van der Waals surface area contributed by atoms with Crippen LogP contribution < -0.4 is 0 Å². The molecule has 9 aromatic rings. The smallest absolute Gasteiger partial charge is 0.366 e. The summed E-state index contributed by atoms with van der Waals surface area (Å²) in [7, 11) is -21.3. The van der Waals surface area contributed by atoms with E-state index in [9.17, 15) is 50.4 Å². The molecule has 0 fully saturated rings. The molecule has 0 atom stereocenters. The topological polar surface area (TPSA) is 103 Å². The maximum Gasteiger partial charge on any atom is 2.00 e. The minimum absolute atomic E-state index is 0. The first-order valence-corrected chi connectivity index (χ1v) is 23.7. The summed E-state index contributed by atoms with van der Waals surface area (Å²) in [6, 6.07) is 54.9. The molecule has 2 aromatic carbocycles. The number of hydrogen-bond donors (Lipinski definition) is 0. The van der Waals surface area contributed by atoms with Gasteiger partial charge in [0, 0.05) is 49.1 Å². The first-order valence-electron chi connectivity index (χ1n) is 19.6. The van der Waals surface area contributed by atoms with Gasteiger partial charge in [0.05, 0.1) is 34.2 Å². The summed E-state index contributed by atoms with van der Waals surface area (Å²) in [4.78, 5) is 35.0. The third-order valence-corrected chi connectivity index (χ3v) is 7.68. The van der Waals surface area contributed by atoms with E-state index in [1.807, 2.05) is 164 Å². The van der Waals surface area contributed by atoms with Gasteiger partial charge >= 0.3 is 107 Å². The first kappa shape index (κ1) is 61.4. The van der Waals surface area contributed by atoms with Gasteiger partial charge in [0.15, 0.2) is 0 Å². The Morgan fingerprint density at radius 2 is 0.667 bits per heavy atom. The fraction of sp³-hybridized carbons (Fsp3) is 0. The second-order valence-electron chi connectivity index (χ2n) is 13.4. The van der Waals surface area contributed by atoms with Crippen LogP contribution in [-0.2, 0) is 40.5 Å². The van der Waals surface area contributed by atoms with Crippen molar-refractivity contribution in [2.45, 2.75) is 0 Å². The monoisotopic (exact) mass is 1310 g/mol. The summed E-state index contributed by atoms with van der Waals surface area (Å²) in [6.45, 7) is 0. The molecule has 9 rings (SSSR count). The van der Waals surface area contributed by atoms with E-state index in [0.29, 0.717) is 11.4 Å². The molecule has 0 saturated carbocycles. The number of nitrogens with zero attached hydrogens (tertiary/aromatic N) is 8. The van der Waals surface area contributed by atoms with Crippen LogP contribution in [0.2, 0.25) is 0 Å². The van der Waals surface area contributed by atoms with Crippen LogP contribution in [0.25, 0.3) is 56.8 Å². The molecule has 0 unspecified atom stereocenters. The Labute approximate surface area is 432 Å². The third-order valence-electron chi connectivity index (χ3n) is 7.68. The van der Waals surface area contributed by atoms with E-state index < -0.39 is 15.6 Å². The molecular weight excluding hydrogens is 1270 g/mol. The summed E-state index contributed by atoms with van der Waals surface area (Å²) < 4.78 is 118. The summed E-state index contributed by atoms with van der Waals surface area (Å²) >= 11 is 0. The predicted octanol–water partition coefficient (Wildman–Crippen LogP) is 16.7. The molecule has 7 heterocycles. The number of rotatable bonds is 5. The van der Waals surface area contributed by atoms with Crippen LogP contribution in [0.1, 0.15) is 5.56 Å². The SMILES string of the molecule is F[P-](F)(F)(F)(F)F.F[P-](F)(F)(F)(F)F.[C-]#Cc1ccccc1.[Pt+2].[Ru+2].[c-]1ccccc1-c1cnc(-c2ccccn2)c(-c2ccccn2)n1.c1ccc(-c2ccccn2)nc1.c1ccc(-c2ccccn2)nc1. The van der Waals surface area contributed by atoms with Gasteiger partial charge in [-0.15, -0.1) is 53.6 Å². The second kappa shape index (κ2) is 25.6. The van der Waals surface area contributed by atoms with Gasteiger partial charge in [-0.05, 0) is 72.8 Å². The van der Waals surface area contributed by atoms with Gasteiger partial charge in [0.1, 0.15) is 11.4 Å². The van der Waals surface area contributed by atoms with E-state index in [-0.39, 0.29) is 40.5 Å². The van der Waals surface area contributed by atoms with Gasteiger partial charge in [-0.25, -0.2) is 0 Å². The van der Waals surface area contributed by atoms with Crippen LogP contribution >= 0.6 is 15.6 Å². The molecule has 0 N–H and O–H groups in total. The largest absolute Gasteiger partial charge is 2.00 e. The van der Waals surface area contributed by atoms with Gasteiger partial charge in [0.25, 0.3) is 0 Å². The molecule has 0 spiro atoms. The van der Waals surface area contributed by atoms with E-state index in [2.05, 4.69) is 46.9 Å². The summed E-state index contributed by atoms with van der Waals surface area (Å²) in [5.41, 5.74) is 9.11. The maximum atomic E-state index is 9.87. The Morgan fingerprint density at radius 3 is 0.944 bits per heavy atom. The predicted molar refractivity (Wildman–Crippen MR) is 248 cm³/mol. The molecule has 378 valence electrons. The Morgan fingerprint density at radius 1 is 0.361 bits per heavy atom. The average Bonchev–Trinajstić information content (AvgIpc) is 3.35. The molecule has 0 aliphatic heterocycles. The van der Waals surface area contributed by atoms with E-state index >= 15 is 0 Å². The van der Waals surface area contributed by atoms with Gasteiger partial charge in [-0.3, -0.25) is 45.8 Å². The van der Waals surface area contributed by atoms with Crippen LogP contribution in [0.15, 0.2) is 207 Å². The molecule has 8 nitrogen and oxygen atoms in total. The number of halogens is 12. The molecule has 0 saturated heterocycles. The van der Waals surface area contributed by atoms with Gasteiger partial charge in [-0.2, -0.15) is 0 Å². The van der Waals surface area contributed by atoms with Crippen molar-refractivity contribution in [2.24, 2.45) is 0 Å². The Bertz CT molecular complexity index is 2810. The molecule has 72 heavy (non-hydrogen) atoms. The average molecular weight is 1310 g/mol. The Balaban J connectivity index is 0.000000318. The number of benzene rings is 2. The molecule has 0 aliphatic rings. The zero-order chi connectivity index (χ0) is 51.3. The second-order valence-corrected chi connectivity index (χ2v) is 17.3. The van der Waals surface area contributed by atoms with Gasteiger partial charge in [-0.1, -0.05) is 54.6 Å². The van der Waals surface area contributed by atoms with Gasteiger partial charge < -0.3 is 6.42 Å². The van der Waals surface area contributed by atoms with E-state index in [0.717, 1.165) is 51.0 Å². The fourth-order valence-electron chi connectivity index (χ4n) is 5.02. The molecule has 0 bridgehead atoms. The standard InChI is InChI=1S/C20H13N4.2C10H8N2.C8H5.2F6P.Pt.Ru/c1-2-8-15(9-3-1)18-14-23-19(16-10-4-6-12-21-16)20(24-18)17-11-5-7-13-22-17;2*1-3-7-11-9(5-1)10-6-2-4-8-12-10;1-2-8-6-4-3-5-7-8;2*1-7(2,3,4,5)6;;/h1-8,10-14H;2*1-8H;3-7H;;;;/q-1;;;3*-1;2*+2. The van der Waals surface area contributed by atoms with Crippen molar-refractivity contribution >= 4 is 15.6 Å². The quantitative estimate of drug-likeness (QED) is 0.0552. The summed E-state index contributed by atoms with van der Waals surface area (Å²) in [5, 5.41) is 0. The van der Waals surface area contributed by atoms with Crippen molar-refractivity contribution < 1.29 is 90.9 Å². The third kappa shape index (κ3) is 28.8. The first-order chi connectivity index (χ1) is 32.7. The minimum Gasteiger partial charge on any atom is -0.366 e. The fourth-order valence-corrected chi connectivity index (χ4v) is 5.02. The van der Waals surface area contributed by atoms with Crippen molar-refractivity contribution in [3.8, 4) is 62.7 Å². The number of aromatic nitrogens is 8. The van der Waals surface area contributed by atoms with E-state index in [1.54, 1.807) is 43.4 Å². The zero-order valence-corrected chi connectivity index (χ0v) is 42.1. The molecular formula is C48H34F12N8P2PtRu. The van der Waals surface area contributed by atoms with Crippen LogP contribution in [0.4, 0.5) is 50.4 Å². The van der Waals surface area contributed by atoms with E-state index in [4.69, 9.17) is 11.4 Å². The van der Waals surface area contributed by atoms with Crippen LogP contribution in [0.3, 0.4) is 0 Å². The maximum absolute atomic E-state index is 10.7. The minimum atomic E-state index is -10.7. The van der Waals surface area contributed by atoms with Crippen molar-refractivity contribution in [3.63, 3.8) is 0 Å². The summed E-state index contributed by atoms with van der Waals surface area (Å²) in [6.07, 6.45) is 19.0. The van der Waals surface area contributed by atoms with Crippen molar-refractivity contribution in [1.29, 1.82) is 0 Å². The Kier molecular flexibility index (Phi) is 21.9. The van der Waals surface area contributed by atoms with Crippen molar-refractivity contribution in [1.82, 2.24) is 39.9 Å². The van der Waals surface area contributed by atoms with Crippen LogP contribution in [0, 0.1) is 18.4 Å². The van der Waals surface area contributed by atoms with E-state index in [1.165, 1.54) is 0 Å². The van der Waals surface area contributed by atoms with Crippen molar-refractivity contribution in [2.75, 3.05) is 0 Å². The van der Waals surface area contributed by atoms with Crippen molar-refractivity contribution in [3.05, 3.63) is 225 Å². The molecule has 0 amide bonds.